The minimum atomic E-state index is -0.287. The molecule has 4 heteroatoms. The quantitative estimate of drug-likeness (QED) is 0.835. The molecule has 1 saturated heterocycles. The molecule has 0 bridgehead atoms. The van der Waals surface area contributed by atoms with Gasteiger partial charge < -0.3 is 9.32 Å². The van der Waals surface area contributed by atoms with Crippen molar-refractivity contribution < 1.29 is 13.6 Å². The Hall–Kier alpha value is -2.10. The largest absolute Gasteiger partial charge is 0.451 e. The molecule has 2 aromatic rings. The van der Waals surface area contributed by atoms with Crippen LogP contribution in [0, 0.1) is 5.82 Å². The van der Waals surface area contributed by atoms with Gasteiger partial charge in [-0.15, -0.1) is 0 Å². The van der Waals surface area contributed by atoms with E-state index in [1.165, 1.54) is 18.6 Å². The molecule has 0 radical (unpaired) electrons. The SMILES string of the molecule is O=C(c1ccc(-c2ccc(F)cc2)o1)N1CCCCC1. The topological polar surface area (TPSA) is 33.5 Å². The highest BCUT2D eigenvalue weighted by Gasteiger charge is 2.21. The third-order valence-electron chi connectivity index (χ3n) is 3.59. The third-order valence-corrected chi connectivity index (χ3v) is 3.59. The zero-order chi connectivity index (χ0) is 13.9. The molecule has 1 aromatic carbocycles. The Balaban J connectivity index is 1.79. The Morgan fingerprint density at radius 3 is 2.40 bits per heavy atom. The Bertz CT molecular complexity index is 597. The fraction of sp³-hybridized carbons (Fsp3) is 0.312. The van der Waals surface area contributed by atoms with Crippen molar-refractivity contribution in [1.29, 1.82) is 0 Å². The van der Waals surface area contributed by atoms with E-state index in [9.17, 15) is 9.18 Å². The van der Waals surface area contributed by atoms with Crippen LogP contribution in [-0.4, -0.2) is 23.9 Å². The Morgan fingerprint density at radius 1 is 1.00 bits per heavy atom. The summed E-state index contributed by atoms with van der Waals surface area (Å²) in [5.74, 6) is 0.597. The number of furan rings is 1. The fourth-order valence-corrected chi connectivity index (χ4v) is 2.47. The highest BCUT2D eigenvalue weighted by molar-refractivity contribution is 5.92. The van der Waals surface area contributed by atoms with Gasteiger partial charge in [0.2, 0.25) is 0 Å². The second-order valence-electron chi connectivity index (χ2n) is 5.02. The summed E-state index contributed by atoms with van der Waals surface area (Å²) in [5.41, 5.74) is 0.768. The lowest BCUT2D eigenvalue weighted by Gasteiger charge is -2.25. The van der Waals surface area contributed by atoms with E-state index in [0.717, 1.165) is 31.5 Å². The summed E-state index contributed by atoms with van der Waals surface area (Å²) in [4.78, 5) is 14.1. The summed E-state index contributed by atoms with van der Waals surface area (Å²) in [7, 11) is 0. The molecule has 3 nitrogen and oxygen atoms in total. The van der Waals surface area contributed by atoms with Crippen LogP contribution in [0.4, 0.5) is 4.39 Å². The van der Waals surface area contributed by atoms with Gasteiger partial charge in [-0.1, -0.05) is 0 Å². The summed E-state index contributed by atoms with van der Waals surface area (Å²) in [6.07, 6.45) is 3.29. The molecule has 1 fully saturated rings. The number of amides is 1. The van der Waals surface area contributed by atoms with Crippen LogP contribution >= 0.6 is 0 Å². The first kappa shape index (κ1) is 12.9. The van der Waals surface area contributed by atoms with E-state index in [-0.39, 0.29) is 11.7 Å². The number of hydrogen-bond acceptors (Lipinski definition) is 2. The molecule has 0 aliphatic carbocycles. The summed E-state index contributed by atoms with van der Waals surface area (Å²) < 4.78 is 18.5. The average Bonchev–Trinajstić information content (AvgIpc) is 2.98. The Kier molecular flexibility index (Phi) is 3.54. The van der Waals surface area contributed by atoms with E-state index in [4.69, 9.17) is 4.42 Å². The van der Waals surface area contributed by atoms with Crippen molar-refractivity contribution in [3.63, 3.8) is 0 Å². The number of carbonyl (C=O) groups excluding carboxylic acids is 1. The summed E-state index contributed by atoms with van der Waals surface area (Å²) in [5, 5.41) is 0. The zero-order valence-electron chi connectivity index (χ0n) is 11.1. The molecule has 1 aliphatic rings. The van der Waals surface area contributed by atoms with Crippen LogP contribution in [0.2, 0.25) is 0 Å². The second-order valence-corrected chi connectivity index (χ2v) is 5.02. The van der Waals surface area contributed by atoms with Gasteiger partial charge in [0.1, 0.15) is 11.6 Å². The fourth-order valence-electron chi connectivity index (χ4n) is 2.47. The molecule has 1 amide bonds. The molecule has 0 saturated carbocycles. The maximum Gasteiger partial charge on any atom is 0.289 e. The molecule has 2 heterocycles. The van der Waals surface area contributed by atoms with Gasteiger partial charge >= 0.3 is 0 Å². The van der Waals surface area contributed by atoms with Crippen molar-refractivity contribution in [2.45, 2.75) is 19.3 Å². The maximum atomic E-state index is 12.9. The van der Waals surface area contributed by atoms with E-state index in [0.29, 0.717) is 11.5 Å². The van der Waals surface area contributed by atoms with Gasteiger partial charge in [0.15, 0.2) is 5.76 Å². The van der Waals surface area contributed by atoms with E-state index in [1.54, 1.807) is 24.3 Å². The van der Waals surface area contributed by atoms with Crippen molar-refractivity contribution in [1.82, 2.24) is 4.90 Å². The molecule has 0 unspecified atom stereocenters. The molecule has 20 heavy (non-hydrogen) atoms. The van der Waals surface area contributed by atoms with E-state index in [1.807, 2.05) is 4.90 Å². The summed E-state index contributed by atoms with van der Waals surface area (Å²) in [6, 6.07) is 9.49. The van der Waals surface area contributed by atoms with Crippen molar-refractivity contribution in [3.05, 3.63) is 48.0 Å². The van der Waals surface area contributed by atoms with E-state index in [2.05, 4.69) is 0 Å². The van der Waals surface area contributed by atoms with Gasteiger partial charge in [-0.2, -0.15) is 0 Å². The molecular formula is C16H16FNO2. The predicted octanol–water partition coefficient (Wildman–Crippen LogP) is 3.71. The van der Waals surface area contributed by atoms with Gasteiger partial charge in [-0.3, -0.25) is 4.79 Å². The van der Waals surface area contributed by atoms with Gasteiger partial charge in [0.05, 0.1) is 0 Å². The van der Waals surface area contributed by atoms with E-state index >= 15 is 0 Å². The number of benzene rings is 1. The molecule has 0 N–H and O–H groups in total. The van der Waals surface area contributed by atoms with Gasteiger partial charge in [-0.25, -0.2) is 4.39 Å². The molecule has 3 rings (SSSR count). The molecule has 1 aromatic heterocycles. The van der Waals surface area contributed by atoms with Gasteiger partial charge in [-0.05, 0) is 55.7 Å². The van der Waals surface area contributed by atoms with Gasteiger partial charge in [0.25, 0.3) is 5.91 Å². The van der Waals surface area contributed by atoms with Crippen LogP contribution in [0.3, 0.4) is 0 Å². The number of nitrogens with zero attached hydrogens (tertiary/aromatic N) is 1. The first-order chi connectivity index (χ1) is 9.74. The van der Waals surface area contributed by atoms with Crippen molar-refractivity contribution in [3.8, 4) is 11.3 Å². The lowest BCUT2D eigenvalue weighted by atomic mass is 10.1. The number of halogens is 1. The normalized spacial score (nSPS) is 15.3. The maximum absolute atomic E-state index is 12.9. The average molecular weight is 273 g/mol. The first-order valence-electron chi connectivity index (χ1n) is 6.89. The summed E-state index contributed by atoms with van der Waals surface area (Å²) >= 11 is 0. The number of likely N-dealkylation sites (tertiary alicyclic amines) is 1. The molecule has 0 spiro atoms. The van der Waals surface area contributed by atoms with Crippen molar-refractivity contribution in [2.24, 2.45) is 0 Å². The van der Waals surface area contributed by atoms with Gasteiger partial charge in [0, 0.05) is 18.7 Å². The highest BCUT2D eigenvalue weighted by atomic mass is 19.1. The van der Waals surface area contributed by atoms with E-state index < -0.39 is 0 Å². The number of hydrogen-bond donors (Lipinski definition) is 0. The summed E-state index contributed by atoms with van der Waals surface area (Å²) in [6.45, 7) is 1.59. The molecule has 104 valence electrons. The second kappa shape index (κ2) is 5.49. The molecule has 0 atom stereocenters. The smallest absolute Gasteiger partial charge is 0.289 e. The minimum Gasteiger partial charge on any atom is -0.451 e. The standard InChI is InChI=1S/C16H16FNO2/c17-13-6-4-12(5-7-13)14-8-9-15(20-14)16(19)18-10-2-1-3-11-18/h4-9H,1-3,10-11H2. The lowest BCUT2D eigenvalue weighted by molar-refractivity contribution is 0.0693. The van der Waals surface area contributed by atoms with Crippen LogP contribution < -0.4 is 0 Å². The van der Waals surface area contributed by atoms with Crippen LogP contribution in [0.1, 0.15) is 29.8 Å². The lowest BCUT2D eigenvalue weighted by Crippen LogP contribution is -2.35. The number of rotatable bonds is 2. The van der Waals surface area contributed by atoms with Crippen molar-refractivity contribution in [2.75, 3.05) is 13.1 Å². The monoisotopic (exact) mass is 273 g/mol. The zero-order valence-corrected chi connectivity index (χ0v) is 11.1. The minimum absolute atomic E-state index is 0.0574. The van der Waals surface area contributed by atoms with Crippen LogP contribution in [0.15, 0.2) is 40.8 Å². The number of piperidine rings is 1. The van der Waals surface area contributed by atoms with Crippen LogP contribution in [-0.2, 0) is 0 Å². The Morgan fingerprint density at radius 2 is 1.70 bits per heavy atom. The molecular weight excluding hydrogens is 257 g/mol. The third kappa shape index (κ3) is 2.59. The highest BCUT2D eigenvalue weighted by Crippen LogP contribution is 2.23. The predicted molar refractivity (Wildman–Crippen MR) is 73.9 cm³/mol. The molecule has 1 aliphatic heterocycles. The van der Waals surface area contributed by atoms with Crippen LogP contribution in [0.5, 0.6) is 0 Å². The number of carbonyl (C=O) groups is 1. The van der Waals surface area contributed by atoms with Crippen molar-refractivity contribution >= 4 is 5.91 Å². The first-order valence-corrected chi connectivity index (χ1v) is 6.89. The Labute approximate surface area is 117 Å². The van der Waals surface area contributed by atoms with Crippen LogP contribution in [0.25, 0.3) is 11.3 Å².